The number of aliphatic hydroxyl groups is 1. The van der Waals surface area contributed by atoms with Crippen molar-refractivity contribution in [3.8, 4) is 0 Å². The molecular weight excluding hydrogens is 1280 g/mol. The number of nitrogen functional groups attached to an aromatic ring is 2. The molecule has 0 radical (unpaired) electrons. The fraction of sp³-hybridized carbons (Fsp3) is 0.455. The van der Waals surface area contributed by atoms with Gasteiger partial charge in [-0.25, -0.2) is 24.9 Å². The molecule has 10 rings (SSSR count). The number of carbonyl (C=O) groups is 1. The zero-order valence-electron chi connectivity index (χ0n) is 45.2. The van der Waals surface area contributed by atoms with Crippen LogP contribution < -0.4 is 11.5 Å². The lowest BCUT2D eigenvalue weighted by Gasteiger charge is -2.36. The minimum Gasteiger partial charge on any atom is -0.384 e. The number of hydrogen-bond acceptors (Lipinski definition) is 16. The van der Waals surface area contributed by atoms with E-state index in [0.29, 0.717) is 23.3 Å². The van der Waals surface area contributed by atoms with Crippen molar-refractivity contribution in [1.29, 1.82) is 0 Å². The first kappa shape index (κ1) is 66.6. The molecule has 5 aromatic heterocycles. The first-order valence-electron chi connectivity index (χ1n) is 25.7. The number of halogens is 4. The Morgan fingerprint density at radius 1 is 0.513 bits per heavy atom. The number of likely N-dealkylation sites (N-methyl/N-ethyl adjacent to an activating group) is 2. The molecule has 0 aliphatic carbocycles. The lowest BCUT2D eigenvalue weighted by Crippen LogP contribution is -2.41. The number of nitrogens with zero attached hydrogens (tertiary/aromatic N) is 10. The van der Waals surface area contributed by atoms with Gasteiger partial charge in [0.25, 0.3) is 0 Å². The molecule has 3 saturated heterocycles. The number of piperidine rings is 3. The van der Waals surface area contributed by atoms with E-state index in [1.54, 1.807) is 0 Å². The minimum absolute atomic E-state index is 0.420. The number of Topliss-reactive ketones (excluding diaryl/α,β-unsaturated/α-hetero) is 1. The van der Waals surface area contributed by atoms with Crippen LogP contribution in [0.1, 0.15) is 80.1 Å². The fourth-order valence-corrected chi connectivity index (χ4v) is 10.0. The molecule has 5 aliphatic rings. The number of carbonyl (C=O) groups excluding carboxylic acids is 1. The van der Waals surface area contributed by atoms with Gasteiger partial charge < -0.3 is 41.1 Å². The van der Waals surface area contributed by atoms with Gasteiger partial charge in [0.2, 0.25) is 0 Å². The molecule has 5 aromatic rings. The molecule has 78 heavy (non-hydrogen) atoms. The maximum absolute atomic E-state index is 10.6. The average Bonchev–Trinajstić information content (AvgIpc) is 3.40. The summed E-state index contributed by atoms with van der Waals surface area (Å²) in [6, 6.07) is 29.2. The van der Waals surface area contributed by atoms with Crippen molar-refractivity contribution in [1.82, 2.24) is 49.4 Å². The van der Waals surface area contributed by atoms with E-state index in [4.69, 9.17) is 29.0 Å². The third kappa shape index (κ3) is 27.0. The third-order valence-corrected chi connectivity index (χ3v) is 14.9. The largest absolute Gasteiger partial charge is 0.394 e. The second-order valence-electron chi connectivity index (χ2n) is 19.6. The number of pyridine rings is 5. The average molecular weight is 1350 g/mol. The lowest BCUT2D eigenvalue weighted by atomic mass is 9.88. The summed E-state index contributed by atoms with van der Waals surface area (Å²) in [5.41, 5.74) is 17.3. The van der Waals surface area contributed by atoms with Crippen LogP contribution in [-0.2, 0) is 20.8 Å². The Labute approximate surface area is 495 Å². The normalized spacial score (nSPS) is 18.3. The molecule has 3 fully saturated rings. The van der Waals surface area contributed by atoms with Crippen LogP contribution in [0.5, 0.6) is 0 Å². The van der Waals surface area contributed by atoms with E-state index in [2.05, 4.69) is 166 Å². The smallest absolute Gasteiger partial charge is 0.384 e. The molecule has 18 nitrogen and oxygen atoms in total. The summed E-state index contributed by atoms with van der Waals surface area (Å²) in [5, 5.41) is 10.5. The van der Waals surface area contributed by atoms with Gasteiger partial charge in [-0.2, -0.15) is 8.42 Å². The topological polar surface area (TPSA) is 245 Å². The van der Waals surface area contributed by atoms with Crippen molar-refractivity contribution in [3.05, 3.63) is 144 Å². The van der Waals surface area contributed by atoms with Crippen molar-refractivity contribution >= 4 is 103 Å². The van der Waals surface area contributed by atoms with E-state index >= 15 is 0 Å². The molecule has 0 unspecified atom stereocenters. The number of likely N-dealkylation sites (tertiary alicyclic amines) is 3. The Morgan fingerprint density at radius 2 is 0.910 bits per heavy atom. The van der Waals surface area contributed by atoms with Gasteiger partial charge in [-0.15, -0.1) is 0 Å². The standard InChI is InChI=1S/C11H15BrN2O.C11H13BrN2.C11H17N3.C11H15N3.C6H11NO.C5H3Br2N.H2O4S/c1-14-7-5-11(15,6-8-14)9-3-2-4-10(12)13-9;3*1-14-7-5-9(6-8-14)10-3-2-4-11(12)13-10;1-7-4-2-6(8)3-5-7;6-4-2-1-3-5(7)8-4;1-5(2,3)4/h2-4,15H,5-8H2,1H3;2-5H,6-8H2,1H3;2-4,9H,5-8H2,1H3,(H2,12,13);2-5H,6-8H2,1H3,(H2,12,13);2-5H2,1H3;1-3H;(H2,1,2,3,4). The van der Waals surface area contributed by atoms with Crippen molar-refractivity contribution in [2.75, 3.05) is 112 Å². The van der Waals surface area contributed by atoms with Crippen LogP contribution in [-0.4, -0.2) is 179 Å². The maximum Gasteiger partial charge on any atom is 0.394 e. The van der Waals surface area contributed by atoms with Crippen molar-refractivity contribution < 1.29 is 27.4 Å². The van der Waals surface area contributed by atoms with E-state index < -0.39 is 16.0 Å². The number of aromatic nitrogens is 5. The molecule has 426 valence electrons. The molecule has 0 amide bonds. The van der Waals surface area contributed by atoms with E-state index in [1.165, 1.54) is 37.1 Å². The quantitative estimate of drug-likeness (QED) is 0.0831. The molecule has 0 saturated carbocycles. The summed E-state index contributed by atoms with van der Waals surface area (Å²) in [7, 11) is 5.89. The first-order chi connectivity index (χ1) is 36.9. The van der Waals surface area contributed by atoms with Crippen LogP contribution in [0.25, 0.3) is 11.1 Å². The zero-order chi connectivity index (χ0) is 57.3. The fourth-order valence-electron chi connectivity index (χ4n) is 8.39. The number of rotatable bonds is 4. The molecular formula is C55H76Br4N12O6S. The number of ketones is 1. The van der Waals surface area contributed by atoms with Gasteiger partial charge in [-0.1, -0.05) is 42.5 Å². The summed E-state index contributed by atoms with van der Waals surface area (Å²) in [4.78, 5) is 43.4. The summed E-state index contributed by atoms with van der Waals surface area (Å²) in [5.74, 6) is 2.27. The van der Waals surface area contributed by atoms with E-state index in [-0.39, 0.29) is 0 Å². The van der Waals surface area contributed by atoms with Crippen LogP contribution in [0.3, 0.4) is 0 Å². The Kier molecular flexibility index (Phi) is 29.3. The van der Waals surface area contributed by atoms with Crippen molar-refractivity contribution in [2.24, 2.45) is 0 Å². The van der Waals surface area contributed by atoms with Gasteiger partial charge >= 0.3 is 10.4 Å². The zero-order valence-corrected chi connectivity index (χ0v) is 52.4. The van der Waals surface area contributed by atoms with Crippen LogP contribution in [0.15, 0.2) is 122 Å². The Bertz CT molecular complexity index is 2690. The molecule has 0 spiro atoms. The third-order valence-electron chi connectivity index (χ3n) is 13.1. The maximum atomic E-state index is 10.6. The summed E-state index contributed by atoms with van der Waals surface area (Å²) in [6.45, 7) is 10.4. The highest BCUT2D eigenvalue weighted by molar-refractivity contribution is 9.11. The second kappa shape index (κ2) is 34.4. The molecule has 0 bridgehead atoms. The van der Waals surface area contributed by atoms with Gasteiger partial charge in [0.15, 0.2) is 0 Å². The molecule has 7 N–H and O–H groups in total. The summed E-state index contributed by atoms with van der Waals surface area (Å²) < 4.78 is 35.0. The van der Waals surface area contributed by atoms with Crippen LogP contribution in [0, 0.1) is 0 Å². The van der Waals surface area contributed by atoms with Crippen molar-refractivity contribution in [3.63, 3.8) is 0 Å². The van der Waals surface area contributed by atoms with Crippen LogP contribution in [0.4, 0.5) is 11.6 Å². The van der Waals surface area contributed by atoms with Gasteiger partial charge in [0.05, 0.1) is 17.1 Å². The monoisotopic (exact) mass is 1350 g/mol. The summed E-state index contributed by atoms with van der Waals surface area (Å²) in [6.07, 6.45) is 12.1. The van der Waals surface area contributed by atoms with Crippen molar-refractivity contribution in [2.45, 2.75) is 62.9 Å². The van der Waals surface area contributed by atoms with Crippen LogP contribution >= 0.6 is 63.7 Å². The lowest BCUT2D eigenvalue weighted by molar-refractivity contribution is -0.121. The van der Waals surface area contributed by atoms with Gasteiger partial charge in [0.1, 0.15) is 41.4 Å². The molecule has 10 heterocycles. The second-order valence-corrected chi connectivity index (χ2v) is 23.7. The van der Waals surface area contributed by atoms with Gasteiger partial charge in [-0.05, 0) is 222 Å². The highest BCUT2D eigenvalue weighted by atomic mass is 79.9. The highest BCUT2D eigenvalue weighted by Crippen LogP contribution is 2.32. The van der Waals surface area contributed by atoms with E-state index in [0.717, 1.165) is 132 Å². The van der Waals surface area contributed by atoms with Crippen LogP contribution in [0.2, 0.25) is 0 Å². The van der Waals surface area contributed by atoms with Gasteiger partial charge in [-0.3, -0.25) is 13.9 Å². The van der Waals surface area contributed by atoms with Gasteiger partial charge in [0, 0.05) is 76.8 Å². The Hall–Kier alpha value is -3.95. The minimum atomic E-state index is -4.67. The first-order valence-corrected chi connectivity index (χ1v) is 30.3. The number of hydrogen-bond donors (Lipinski definition) is 5. The predicted octanol–water partition coefficient (Wildman–Crippen LogP) is 9.41. The number of nitrogens with two attached hydrogens (primary N) is 2. The molecule has 0 atom stereocenters. The van der Waals surface area contributed by atoms with E-state index in [1.807, 2.05) is 85.9 Å². The Balaban J connectivity index is 0.000000201. The summed E-state index contributed by atoms with van der Waals surface area (Å²) >= 11 is 13.2. The number of anilines is 2. The van der Waals surface area contributed by atoms with E-state index in [9.17, 15) is 9.90 Å². The predicted molar refractivity (Wildman–Crippen MR) is 327 cm³/mol. The highest BCUT2D eigenvalue weighted by Gasteiger charge is 2.34. The molecule has 23 heteroatoms. The molecule has 0 aromatic carbocycles. The SMILES string of the molecule is Brc1cccc(Br)n1.CN1CC=C(c2cccc(Br)n2)CC1.CN1CC=C(c2cccc(N)n2)CC1.CN1CCC(=O)CC1.CN1CCC(O)(c2cccc(Br)n2)CC1.CN1CCC(c2cccc(N)n2)CC1.O=S(=O)(O)O. The molecule has 5 aliphatic heterocycles. The Morgan fingerprint density at radius 3 is 1.33 bits per heavy atom.